The van der Waals surface area contributed by atoms with E-state index in [1.807, 2.05) is 30.3 Å². The van der Waals surface area contributed by atoms with Crippen LogP contribution in [0.2, 0.25) is 0 Å². The summed E-state index contributed by atoms with van der Waals surface area (Å²) in [7, 11) is 3.29. The zero-order valence-corrected chi connectivity index (χ0v) is 12.4. The Labute approximate surface area is 120 Å². The van der Waals surface area contributed by atoms with E-state index in [9.17, 15) is 0 Å². The fourth-order valence-electron chi connectivity index (χ4n) is 1.68. The molecular weight excluding hydrogens is 308 g/mol. The van der Waals surface area contributed by atoms with Crippen molar-refractivity contribution >= 4 is 21.6 Å². The monoisotopic (exact) mass is 322 g/mol. The molecule has 5 heteroatoms. The Morgan fingerprint density at radius 3 is 2.63 bits per heavy atom. The number of methoxy groups -OCH3 is 2. The van der Waals surface area contributed by atoms with Crippen LogP contribution >= 0.6 is 15.9 Å². The van der Waals surface area contributed by atoms with Crippen LogP contribution in [0, 0.1) is 0 Å². The molecule has 100 valence electrons. The first-order valence-corrected chi connectivity index (χ1v) is 6.58. The number of ether oxygens (including phenoxy) is 2. The summed E-state index contributed by atoms with van der Waals surface area (Å²) in [5, 5.41) is 3.30. The van der Waals surface area contributed by atoms with Gasteiger partial charge >= 0.3 is 0 Å². The Bertz CT molecular complexity index is 544. The maximum Gasteiger partial charge on any atom is 0.127 e. The van der Waals surface area contributed by atoms with Crippen LogP contribution in [0.4, 0.5) is 5.69 Å². The molecule has 0 bridgehead atoms. The van der Waals surface area contributed by atoms with E-state index in [1.165, 1.54) is 0 Å². The second kappa shape index (κ2) is 6.43. The fraction of sp³-hybridized carbons (Fsp3) is 0.214. The van der Waals surface area contributed by atoms with Crippen molar-refractivity contribution in [1.29, 1.82) is 0 Å². The molecule has 1 aromatic carbocycles. The molecule has 1 aromatic heterocycles. The largest absolute Gasteiger partial charge is 0.497 e. The number of halogens is 1. The lowest BCUT2D eigenvalue weighted by atomic mass is 10.2. The number of anilines is 1. The van der Waals surface area contributed by atoms with Crippen LogP contribution in [0.25, 0.3) is 0 Å². The molecule has 0 aliphatic carbocycles. The number of nitrogens with zero attached hydrogens (tertiary/aromatic N) is 1. The van der Waals surface area contributed by atoms with Crippen LogP contribution in [0.5, 0.6) is 11.5 Å². The number of nitrogens with one attached hydrogen (secondary N) is 1. The standard InChI is InChI=1S/C14H15BrN2O2/c1-18-12-5-3-10(13(7-12)19-2)8-16-11-4-6-14(15)17-9-11/h3-7,9,16H,8H2,1-2H3. The van der Waals surface area contributed by atoms with E-state index >= 15 is 0 Å². The summed E-state index contributed by atoms with van der Waals surface area (Å²) in [6, 6.07) is 9.63. The summed E-state index contributed by atoms with van der Waals surface area (Å²) in [6.07, 6.45) is 1.78. The molecule has 2 rings (SSSR count). The van der Waals surface area contributed by atoms with Gasteiger partial charge < -0.3 is 14.8 Å². The van der Waals surface area contributed by atoms with Crippen LogP contribution in [0.1, 0.15) is 5.56 Å². The number of benzene rings is 1. The predicted octanol–water partition coefficient (Wildman–Crippen LogP) is 3.47. The van der Waals surface area contributed by atoms with Crippen LogP contribution in [0.15, 0.2) is 41.1 Å². The third-order valence-electron chi connectivity index (χ3n) is 2.70. The molecule has 19 heavy (non-hydrogen) atoms. The van der Waals surface area contributed by atoms with Gasteiger partial charge in [-0.2, -0.15) is 0 Å². The van der Waals surface area contributed by atoms with Crippen molar-refractivity contribution in [2.45, 2.75) is 6.54 Å². The van der Waals surface area contributed by atoms with Gasteiger partial charge in [0.25, 0.3) is 0 Å². The van der Waals surface area contributed by atoms with Crippen molar-refractivity contribution in [2.24, 2.45) is 0 Å². The Morgan fingerprint density at radius 1 is 1.16 bits per heavy atom. The first kappa shape index (κ1) is 13.7. The first-order chi connectivity index (χ1) is 9.22. The van der Waals surface area contributed by atoms with E-state index in [-0.39, 0.29) is 0 Å². The van der Waals surface area contributed by atoms with Crippen LogP contribution in [-0.2, 0) is 6.54 Å². The summed E-state index contributed by atoms with van der Waals surface area (Å²) in [5.41, 5.74) is 2.02. The lowest BCUT2D eigenvalue weighted by Crippen LogP contribution is -2.02. The Balaban J connectivity index is 2.08. The molecule has 0 fully saturated rings. The molecule has 4 nitrogen and oxygen atoms in total. The van der Waals surface area contributed by atoms with Gasteiger partial charge in [0, 0.05) is 18.2 Å². The van der Waals surface area contributed by atoms with E-state index in [0.29, 0.717) is 6.54 Å². The number of hydrogen-bond acceptors (Lipinski definition) is 4. The Kier molecular flexibility index (Phi) is 4.63. The van der Waals surface area contributed by atoms with Crippen molar-refractivity contribution in [1.82, 2.24) is 4.98 Å². The van der Waals surface area contributed by atoms with Gasteiger partial charge in [0.1, 0.15) is 16.1 Å². The topological polar surface area (TPSA) is 43.4 Å². The molecule has 0 radical (unpaired) electrons. The Morgan fingerprint density at radius 2 is 2.00 bits per heavy atom. The van der Waals surface area contributed by atoms with Crippen molar-refractivity contribution in [2.75, 3.05) is 19.5 Å². The summed E-state index contributed by atoms with van der Waals surface area (Å²) in [6.45, 7) is 0.663. The minimum absolute atomic E-state index is 0.663. The molecule has 0 aliphatic heterocycles. The number of hydrogen-bond donors (Lipinski definition) is 1. The molecule has 0 unspecified atom stereocenters. The van der Waals surface area contributed by atoms with Gasteiger partial charge in [-0.05, 0) is 40.2 Å². The fourth-order valence-corrected chi connectivity index (χ4v) is 1.91. The van der Waals surface area contributed by atoms with E-state index in [2.05, 4.69) is 26.2 Å². The van der Waals surface area contributed by atoms with Gasteiger partial charge in [0.05, 0.1) is 26.1 Å². The van der Waals surface area contributed by atoms with Crippen molar-refractivity contribution < 1.29 is 9.47 Å². The summed E-state index contributed by atoms with van der Waals surface area (Å²) in [5.74, 6) is 1.59. The third kappa shape index (κ3) is 3.61. The van der Waals surface area contributed by atoms with Gasteiger partial charge in [-0.15, -0.1) is 0 Å². The second-order valence-electron chi connectivity index (χ2n) is 3.90. The molecule has 0 aliphatic rings. The highest BCUT2D eigenvalue weighted by Gasteiger charge is 2.05. The molecule has 0 amide bonds. The molecule has 2 aromatic rings. The molecule has 0 spiro atoms. The maximum atomic E-state index is 5.35. The highest BCUT2D eigenvalue weighted by molar-refractivity contribution is 9.10. The van der Waals surface area contributed by atoms with Crippen molar-refractivity contribution in [3.05, 3.63) is 46.7 Å². The lowest BCUT2D eigenvalue weighted by molar-refractivity contribution is 0.391. The molecule has 0 atom stereocenters. The van der Waals surface area contributed by atoms with Crippen LogP contribution in [0.3, 0.4) is 0 Å². The summed E-state index contributed by atoms with van der Waals surface area (Å²) in [4.78, 5) is 4.16. The van der Waals surface area contributed by atoms with Gasteiger partial charge in [-0.3, -0.25) is 0 Å². The SMILES string of the molecule is COc1ccc(CNc2ccc(Br)nc2)c(OC)c1. The average Bonchev–Trinajstić information content (AvgIpc) is 2.46. The van der Waals surface area contributed by atoms with E-state index in [1.54, 1.807) is 20.4 Å². The summed E-state index contributed by atoms with van der Waals surface area (Å²) < 4.78 is 11.3. The summed E-state index contributed by atoms with van der Waals surface area (Å²) >= 11 is 3.31. The Hall–Kier alpha value is -1.75. The molecule has 0 saturated carbocycles. The predicted molar refractivity (Wildman–Crippen MR) is 78.8 cm³/mol. The van der Waals surface area contributed by atoms with Crippen LogP contribution in [-0.4, -0.2) is 19.2 Å². The van der Waals surface area contributed by atoms with Gasteiger partial charge in [0.2, 0.25) is 0 Å². The van der Waals surface area contributed by atoms with Gasteiger partial charge in [-0.25, -0.2) is 4.98 Å². The maximum absolute atomic E-state index is 5.35. The molecular formula is C14H15BrN2O2. The number of aromatic nitrogens is 1. The minimum atomic E-state index is 0.663. The first-order valence-electron chi connectivity index (χ1n) is 5.79. The second-order valence-corrected chi connectivity index (χ2v) is 4.71. The number of rotatable bonds is 5. The van der Waals surface area contributed by atoms with Gasteiger partial charge in [-0.1, -0.05) is 0 Å². The quantitative estimate of drug-likeness (QED) is 0.856. The average molecular weight is 323 g/mol. The van der Waals surface area contributed by atoms with Gasteiger partial charge in [0.15, 0.2) is 0 Å². The third-order valence-corrected chi connectivity index (χ3v) is 3.17. The molecule has 0 saturated heterocycles. The highest BCUT2D eigenvalue weighted by atomic mass is 79.9. The van der Waals surface area contributed by atoms with E-state index in [4.69, 9.17) is 9.47 Å². The lowest BCUT2D eigenvalue weighted by Gasteiger charge is -2.11. The smallest absolute Gasteiger partial charge is 0.127 e. The van der Waals surface area contributed by atoms with Crippen molar-refractivity contribution in [3.8, 4) is 11.5 Å². The van der Waals surface area contributed by atoms with Crippen LogP contribution < -0.4 is 14.8 Å². The molecule has 1 N–H and O–H groups in total. The normalized spacial score (nSPS) is 10.1. The van der Waals surface area contributed by atoms with E-state index in [0.717, 1.165) is 27.4 Å². The number of pyridine rings is 1. The zero-order chi connectivity index (χ0) is 13.7. The van der Waals surface area contributed by atoms with E-state index < -0.39 is 0 Å². The highest BCUT2D eigenvalue weighted by Crippen LogP contribution is 2.25. The minimum Gasteiger partial charge on any atom is -0.497 e. The molecule has 1 heterocycles. The van der Waals surface area contributed by atoms with Crippen molar-refractivity contribution in [3.63, 3.8) is 0 Å². The zero-order valence-electron chi connectivity index (χ0n) is 10.8.